The Hall–Kier alpha value is -1.52. The van der Waals surface area contributed by atoms with Crippen LogP contribution in [0.3, 0.4) is 0 Å². The molecule has 0 bridgehead atoms. The first kappa shape index (κ1) is 13.9. The number of pyridine rings is 1. The molecule has 1 atom stereocenters. The van der Waals surface area contributed by atoms with Gasteiger partial charge in [0, 0.05) is 16.7 Å². The number of rotatable bonds is 5. The largest absolute Gasteiger partial charge is 0.492 e. The molecule has 0 aliphatic carbocycles. The van der Waals surface area contributed by atoms with Gasteiger partial charge in [0.25, 0.3) is 0 Å². The molecule has 1 aromatic carbocycles. The summed E-state index contributed by atoms with van der Waals surface area (Å²) >= 11 is 1.68. The molecule has 100 valence electrons. The molecule has 0 saturated carbocycles. The van der Waals surface area contributed by atoms with Gasteiger partial charge in [-0.1, -0.05) is 12.1 Å². The Bertz CT molecular complexity index is 528. The quantitative estimate of drug-likeness (QED) is 0.850. The standard InChI is InChI=1S/C15H17NO2S/c1-3-18-13-8-12(9-16-10-13)15(17)11-4-6-14(19-2)7-5-11/h4-10,15,17H,3H2,1-2H3. The van der Waals surface area contributed by atoms with Crippen molar-refractivity contribution in [1.29, 1.82) is 0 Å². The topological polar surface area (TPSA) is 42.4 Å². The van der Waals surface area contributed by atoms with Crippen LogP contribution in [0.1, 0.15) is 24.2 Å². The monoisotopic (exact) mass is 275 g/mol. The lowest BCUT2D eigenvalue weighted by Crippen LogP contribution is -2.01. The number of aliphatic hydroxyl groups is 1. The van der Waals surface area contributed by atoms with Crippen LogP contribution in [0.4, 0.5) is 0 Å². The molecule has 1 aromatic heterocycles. The smallest absolute Gasteiger partial charge is 0.137 e. The third-order valence-corrected chi connectivity index (χ3v) is 3.54. The molecule has 0 aliphatic rings. The van der Waals surface area contributed by atoms with Gasteiger partial charge in [-0.3, -0.25) is 4.98 Å². The lowest BCUT2D eigenvalue weighted by Gasteiger charge is -2.12. The van der Waals surface area contributed by atoms with Gasteiger partial charge >= 0.3 is 0 Å². The van der Waals surface area contributed by atoms with E-state index in [0.29, 0.717) is 12.4 Å². The SMILES string of the molecule is CCOc1cncc(C(O)c2ccc(SC)cc2)c1. The summed E-state index contributed by atoms with van der Waals surface area (Å²) in [5.41, 5.74) is 1.59. The van der Waals surface area contributed by atoms with Gasteiger partial charge < -0.3 is 9.84 Å². The van der Waals surface area contributed by atoms with Crippen LogP contribution < -0.4 is 4.74 Å². The Kier molecular flexibility index (Phi) is 4.82. The molecule has 0 aliphatic heterocycles. The number of benzene rings is 1. The van der Waals surface area contributed by atoms with E-state index in [9.17, 15) is 5.11 Å². The predicted octanol–water partition coefficient (Wildman–Crippen LogP) is 3.28. The van der Waals surface area contributed by atoms with Crippen molar-refractivity contribution in [3.63, 3.8) is 0 Å². The summed E-state index contributed by atoms with van der Waals surface area (Å²) in [5.74, 6) is 0.680. The highest BCUT2D eigenvalue weighted by Gasteiger charge is 2.11. The summed E-state index contributed by atoms with van der Waals surface area (Å²) < 4.78 is 5.39. The summed E-state index contributed by atoms with van der Waals surface area (Å²) in [6, 6.07) is 9.70. The van der Waals surface area contributed by atoms with Crippen LogP contribution in [0, 0.1) is 0 Å². The molecule has 3 nitrogen and oxygen atoms in total. The molecule has 1 N–H and O–H groups in total. The van der Waals surface area contributed by atoms with Crippen molar-refractivity contribution in [2.75, 3.05) is 12.9 Å². The third kappa shape index (κ3) is 3.49. The molecular weight excluding hydrogens is 258 g/mol. The first-order chi connectivity index (χ1) is 9.24. The molecular formula is C15H17NO2S. The molecule has 0 radical (unpaired) electrons. The number of hydrogen-bond donors (Lipinski definition) is 1. The number of ether oxygens (including phenoxy) is 1. The fourth-order valence-corrected chi connectivity index (χ4v) is 2.22. The van der Waals surface area contributed by atoms with Gasteiger partial charge in [-0.2, -0.15) is 0 Å². The van der Waals surface area contributed by atoms with Gasteiger partial charge in [-0.05, 0) is 36.9 Å². The zero-order chi connectivity index (χ0) is 13.7. The maximum Gasteiger partial charge on any atom is 0.137 e. The number of aromatic nitrogens is 1. The maximum absolute atomic E-state index is 10.3. The molecule has 19 heavy (non-hydrogen) atoms. The van der Waals surface area contributed by atoms with Gasteiger partial charge in [0.05, 0.1) is 12.8 Å². The van der Waals surface area contributed by atoms with Crippen LogP contribution in [0.15, 0.2) is 47.6 Å². The minimum Gasteiger partial charge on any atom is -0.492 e. The van der Waals surface area contributed by atoms with Gasteiger partial charge in [-0.15, -0.1) is 11.8 Å². The summed E-state index contributed by atoms with van der Waals surface area (Å²) in [6.07, 6.45) is 4.66. The first-order valence-electron chi connectivity index (χ1n) is 6.14. The molecule has 0 saturated heterocycles. The van der Waals surface area contributed by atoms with E-state index in [1.54, 1.807) is 24.2 Å². The zero-order valence-electron chi connectivity index (χ0n) is 11.0. The van der Waals surface area contributed by atoms with Crippen molar-refractivity contribution in [2.24, 2.45) is 0 Å². The summed E-state index contributed by atoms with van der Waals surface area (Å²) in [6.45, 7) is 2.51. The molecule has 1 unspecified atom stereocenters. The lowest BCUT2D eigenvalue weighted by atomic mass is 10.0. The zero-order valence-corrected chi connectivity index (χ0v) is 11.9. The Morgan fingerprint density at radius 1 is 1.21 bits per heavy atom. The molecule has 0 amide bonds. The van der Waals surface area contributed by atoms with E-state index in [1.807, 2.05) is 43.5 Å². The fourth-order valence-electron chi connectivity index (χ4n) is 1.81. The van der Waals surface area contributed by atoms with Gasteiger partial charge in [-0.25, -0.2) is 0 Å². The average molecular weight is 275 g/mol. The summed E-state index contributed by atoms with van der Waals surface area (Å²) in [4.78, 5) is 5.27. The third-order valence-electron chi connectivity index (χ3n) is 2.79. The Balaban J connectivity index is 2.22. The minimum absolute atomic E-state index is 0.587. The molecule has 1 heterocycles. The van der Waals surface area contributed by atoms with E-state index in [1.165, 1.54) is 4.90 Å². The highest BCUT2D eigenvalue weighted by molar-refractivity contribution is 7.98. The maximum atomic E-state index is 10.3. The van der Waals surface area contributed by atoms with Crippen LogP contribution in [-0.2, 0) is 0 Å². The average Bonchev–Trinajstić information content (AvgIpc) is 2.47. The van der Waals surface area contributed by atoms with Crippen LogP contribution >= 0.6 is 11.8 Å². The van der Waals surface area contributed by atoms with Crippen LogP contribution in [0.25, 0.3) is 0 Å². The minimum atomic E-state index is -0.677. The van der Waals surface area contributed by atoms with E-state index in [4.69, 9.17) is 4.74 Å². The number of aliphatic hydroxyl groups excluding tert-OH is 1. The second-order valence-electron chi connectivity index (χ2n) is 4.06. The molecule has 2 rings (SSSR count). The van der Waals surface area contributed by atoms with E-state index in [-0.39, 0.29) is 0 Å². The van der Waals surface area contributed by atoms with Crippen LogP contribution in [-0.4, -0.2) is 23.0 Å². The van der Waals surface area contributed by atoms with Crippen LogP contribution in [0.5, 0.6) is 5.75 Å². The number of thioether (sulfide) groups is 1. The van der Waals surface area contributed by atoms with E-state index in [0.717, 1.165) is 11.1 Å². The molecule has 0 spiro atoms. The Morgan fingerprint density at radius 2 is 1.95 bits per heavy atom. The van der Waals surface area contributed by atoms with Gasteiger partial charge in [0.15, 0.2) is 0 Å². The lowest BCUT2D eigenvalue weighted by molar-refractivity contribution is 0.219. The number of hydrogen-bond acceptors (Lipinski definition) is 4. The second kappa shape index (κ2) is 6.59. The first-order valence-corrected chi connectivity index (χ1v) is 7.37. The fraction of sp³-hybridized carbons (Fsp3) is 0.267. The molecule has 2 aromatic rings. The number of nitrogens with zero attached hydrogens (tertiary/aromatic N) is 1. The van der Waals surface area contributed by atoms with E-state index >= 15 is 0 Å². The highest BCUT2D eigenvalue weighted by atomic mass is 32.2. The van der Waals surface area contributed by atoms with E-state index < -0.39 is 6.10 Å². The van der Waals surface area contributed by atoms with Crippen molar-refractivity contribution in [1.82, 2.24) is 4.98 Å². The van der Waals surface area contributed by atoms with Crippen molar-refractivity contribution < 1.29 is 9.84 Å². The van der Waals surface area contributed by atoms with Crippen molar-refractivity contribution >= 4 is 11.8 Å². The second-order valence-corrected chi connectivity index (χ2v) is 4.94. The molecule has 4 heteroatoms. The summed E-state index contributed by atoms with van der Waals surface area (Å²) in [7, 11) is 0. The summed E-state index contributed by atoms with van der Waals surface area (Å²) in [5, 5.41) is 10.3. The highest BCUT2D eigenvalue weighted by Crippen LogP contribution is 2.25. The van der Waals surface area contributed by atoms with Crippen molar-refractivity contribution in [3.05, 3.63) is 53.9 Å². The molecule has 0 fully saturated rings. The Morgan fingerprint density at radius 3 is 2.58 bits per heavy atom. The Labute approximate surface area is 117 Å². The van der Waals surface area contributed by atoms with Gasteiger partial charge in [0.2, 0.25) is 0 Å². The van der Waals surface area contributed by atoms with Crippen molar-refractivity contribution in [3.8, 4) is 5.75 Å². The predicted molar refractivity (Wildman–Crippen MR) is 77.7 cm³/mol. The van der Waals surface area contributed by atoms with Crippen molar-refractivity contribution in [2.45, 2.75) is 17.9 Å². The normalized spacial score (nSPS) is 12.2. The van der Waals surface area contributed by atoms with Crippen LogP contribution in [0.2, 0.25) is 0 Å². The van der Waals surface area contributed by atoms with E-state index in [2.05, 4.69) is 4.98 Å². The van der Waals surface area contributed by atoms with Gasteiger partial charge in [0.1, 0.15) is 11.9 Å².